The molecule has 1 aromatic carbocycles. The number of hydrogen-bond acceptors (Lipinski definition) is 8. The van der Waals surface area contributed by atoms with E-state index in [1.807, 2.05) is 12.1 Å². The molecule has 0 spiro atoms. The number of thioether (sulfide) groups is 2. The Hall–Kier alpha value is -1.81. The molecular weight excluding hydrogens is 448 g/mol. The number of aromatic nitrogens is 4. The van der Waals surface area contributed by atoms with E-state index in [-0.39, 0.29) is 5.60 Å². The Morgan fingerprint density at radius 2 is 2.03 bits per heavy atom. The zero-order valence-electron chi connectivity index (χ0n) is 18.0. The minimum absolute atomic E-state index is 0.137. The summed E-state index contributed by atoms with van der Waals surface area (Å²) in [5.41, 5.74) is 3.32. The lowest BCUT2D eigenvalue weighted by Gasteiger charge is -2.32. The van der Waals surface area contributed by atoms with Crippen molar-refractivity contribution < 1.29 is 9.47 Å². The van der Waals surface area contributed by atoms with Gasteiger partial charge in [0.25, 0.3) is 0 Å². The van der Waals surface area contributed by atoms with Crippen LogP contribution >= 0.6 is 34.9 Å². The van der Waals surface area contributed by atoms with E-state index in [0.717, 1.165) is 50.5 Å². The largest absolute Gasteiger partial charge is 0.497 e. The number of benzene rings is 1. The predicted octanol–water partition coefficient (Wildman–Crippen LogP) is 5.60. The van der Waals surface area contributed by atoms with E-state index in [1.54, 1.807) is 42.0 Å². The number of ether oxygens (including phenoxy) is 2. The van der Waals surface area contributed by atoms with Gasteiger partial charge in [0.2, 0.25) is 0 Å². The highest BCUT2D eigenvalue weighted by molar-refractivity contribution is 7.99. The fourth-order valence-electron chi connectivity index (χ4n) is 3.84. The van der Waals surface area contributed by atoms with Gasteiger partial charge in [-0.15, -0.1) is 21.5 Å². The lowest BCUT2D eigenvalue weighted by molar-refractivity contribution is -0.0542. The van der Waals surface area contributed by atoms with Crippen LogP contribution in [0, 0.1) is 0 Å². The van der Waals surface area contributed by atoms with E-state index < -0.39 is 0 Å². The first-order valence-electron chi connectivity index (χ1n) is 10.2. The first kappa shape index (κ1) is 21.1. The third-order valence-electron chi connectivity index (χ3n) is 5.88. The van der Waals surface area contributed by atoms with Gasteiger partial charge in [-0.1, -0.05) is 42.6 Å². The molecule has 0 saturated heterocycles. The molecule has 0 fully saturated rings. The van der Waals surface area contributed by atoms with E-state index in [2.05, 4.69) is 46.8 Å². The van der Waals surface area contributed by atoms with Crippen molar-refractivity contribution in [3.8, 4) is 5.75 Å². The zero-order valence-corrected chi connectivity index (χ0v) is 20.4. The third-order valence-corrected chi connectivity index (χ3v) is 8.62. The lowest BCUT2D eigenvalue weighted by Crippen LogP contribution is -2.33. The first-order chi connectivity index (χ1) is 15.0. The van der Waals surface area contributed by atoms with E-state index in [0.29, 0.717) is 6.61 Å². The Kier molecular flexibility index (Phi) is 5.62. The van der Waals surface area contributed by atoms with Crippen LogP contribution in [0.5, 0.6) is 5.75 Å². The third kappa shape index (κ3) is 3.71. The van der Waals surface area contributed by atoms with Crippen LogP contribution in [0.15, 0.2) is 34.6 Å². The van der Waals surface area contributed by atoms with Crippen LogP contribution in [-0.4, -0.2) is 38.5 Å². The number of rotatable bonds is 6. The van der Waals surface area contributed by atoms with Crippen molar-refractivity contribution in [1.29, 1.82) is 0 Å². The van der Waals surface area contributed by atoms with Crippen molar-refractivity contribution >= 4 is 50.7 Å². The number of thiophene rings is 1. The first-order valence-corrected chi connectivity index (χ1v) is 13.2. The molecule has 4 heterocycles. The van der Waals surface area contributed by atoms with Gasteiger partial charge in [0, 0.05) is 17.1 Å². The maximum absolute atomic E-state index is 6.17. The Labute approximate surface area is 193 Å². The Morgan fingerprint density at radius 3 is 2.74 bits per heavy atom. The van der Waals surface area contributed by atoms with Crippen LogP contribution in [0.4, 0.5) is 0 Å². The van der Waals surface area contributed by atoms with Crippen LogP contribution in [0.1, 0.15) is 36.3 Å². The van der Waals surface area contributed by atoms with E-state index in [9.17, 15) is 0 Å². The van der Waals surface area contributed by atoms with Crippen LogP contribution < -0.4 is 4.74 Å². The second-order valence-corrected chi connectivity index (χ2v) is 10.6. The summed E-state index contributed by atoms with van der Waals surface area (Å²) in [5, 5.41) is 12.1. The summed E-state index contributed by atoms with van der Waals surface area (Å²) in [6, 6.07) is 8.14. The van der Waals surface area contributed by atoms with Gasteiger partial charge in [-0.25, -0.2) is 9.38 Å². The van der Waals surface area contributed by atoms with Gasteiger partial charge in [0.1, 0.15) is 10.6 Å². The van der Waals surface area contributed by atoms with Gasteiger partial charge in [0.05, 0.1) is 24.7 Å². The normalized spacial score (nSPS) is 18.6. The molecular formula is C22H24N4O2S3. The molecule has 1 aliphatic heterocycles. The molecule has 9 heteroatoms. The average Bonchev–Trinajstić information content (AvgIpc) is 3.38. The van der Waals surface area contributed by atoms with Crippen molar-refractivity contribution in [3.63, 3.8) is 0 Å². The SMILES string of the molecule is CC[C@@]1(C)Cc2c(sc3nc(SC)n4c(SCc5ccc(OC)cc5)nnc4c23)CO1. The number of nitrogens with zero attached hydrogens (tertiary/aromatic N) is 4. The molecule has 1 aliphatic rings. The van der Waals surface area contributed by atoms with E-state index >= 15 is 0 Å². The molecule has 3 aromatic heterocycles. The number of fused-ring (bicyclic) bond motifs is 5. The lowest BCUT2D eigenvalue weighted by atomic mass is 9.90. The molecule has 5 rings (SSSR count). The van der Waals surface area contributed by atoms with Crippen LogP contribution in [0.2, 0.25) is 0 Å². The summed E-state index contributed by atoms with van der Waals surface area (Å²) < 4.78 is 13.5. The topological polar surface area (TPSA) is 61.5 Å². The summed E-state index contributed by atoms with van der Waals surface area (Å²) in [7, 11) is 1.68. The predicted molar refractivity (Wildman–Crippen MR) is 128 cm³/mol. The van der Waals surface area contributed by atoms with Crippen LogP contribution in [-0.2, 0) is 23.5 Å². The number of hydrogen-bond donors (Lipinski definition) is 0. The molecule has 0 unspecified atom stereocenters. The Balaban J connectivity index is 1.56. The van der Waals surface area contributed by atoms with Gasteiger partial charge in [-0.05, 0) is 42.9 Å². The Morgan fingerprint density at radius 1 is 1.23 bits per heavy atom. The van der Waals surface area contributed by atoms with Crippen LogP contribution in [0.3, 0.4) is 0 Å². The summed E-state index contributed by atoms with van der Waals surface area (Å²) in [5.74, 6) is 1.67. The van der Waals surface area contributed by atoms with Gasteiger partial charge in [0.15, 0.2) is 16.0 Å². The zero-order chi connectivity index (χ0) is 21.6. The maximum Gasteiger partial charge on any atom is 0.198 e. The second kappa shape index (κ2) is 8.27. The van der Waals surface area contributed by atoms with Gasteiger partial charge < -0.3 is 9.47 Å². The van der Waals surface area contributed by atoms with Gasteiger partial charge >= 0.3 is 0 Å². The van der Waals surface area contributed by atoms with Crippen molar-refractivity contribution in [2.24, 2.45) is 0 Å². The molecule has 31 heavy (non-hydrogen) atoms. The summed E-state index contributed by atoms with van der Waals surface area (Å²) >= 11 is 5.03. The fourth-order valence-corrected chi connectivity index (χ4v) is 6.48. The molecule has 0 saturated carbocycles. The highest BCUT2D eigenvalue weighted by atomic mass is 32.2. The Bertz CT molecular complexity index is 1250. The molecule has 0 bridgehead atoms. The monoisotopic (exact) mass is 472 g/mol. The van der Waals surface area contributed by atoms with E-state index in [4.69, 9.17) is 14.5 Å². The molecule has 1 atom stereocenters. The average molecular weight is 473 g/mol. The standard InChI is InChI=1S/C22H24N4O2S3/c1-5-22(2)10-15-16(11-28-22)31-19-17(15)18-24-25-21(26(18)20(23-19)29-4)30-12-13-6-8-14(27-3)9-7-13/h6-9H,5,10-12H2,1-4H3/t22-/m0/s1. The van der Waals surface area contributed by atoms with Gasteiger partial charge in [-0.2, -0.15) is 0 Å². The van der Waals surface area contributed by atoms with Crippen molar-refractivity contribution in [2.75, 3.05) is 13.4 Å². The number of methoxy groups -OCH3 is 1. The maximum atomic E-state index is 6.17. The smallest absolute Gasteiger partial charge is 0.198 e. The minimum atomic E-state index is -0.137. The summed E-state index contributed by atoms with van der Waals surface area (Å²) in [6.45, 7) is 5.03. The fraction of sp³-hybridized carbons (Fsp3) is 0.409. The highest BCUT2D eigenvalue weighted by Crippen LogP contribution is 2.42. The van der Waals surface area contributed by atoms with E-state index in [1.165, 1.54) is 16.0 Å². The minimum Gasteiger partial charge on any atom is -0.497 e. The summed E-state index contributed by atoms with van der Waals surface area (Å²) in [6.07, 6.45) is 3.91. The van der Waals surface area contributed by atoms with Gasteiger partial charge in [-0.3, -0.25) is 0 Å². The molecule has 162 valence electrons. The second-order valence-electron chi connectivity index (χ2n) is 7.83. The molecule has 0 amide bonds. The van der Waals surface area contributed by atoms with Crippen molar-refractivity contribution in [1.82, 2.24) is 19.6 Å². The molecule has 0 aliphatic carbocycles. The molecule has 4 aromatic rings. The molecule has 6 nitrogen and oxygen atoms in total. The van der Waals surface area contributed by atoms with Crippen molar-refractivity contribution in [2.45, 2.75) is 55.0 Å². The summed E-state index contributed by atoms with van der Waals surface area (Å²) in [4.78, 5) is 7.29. The van der Waals surface area contributed by atoms with Crippen LogP contribution in [0.25, 0.3) is 15.9 Å². The highest BCUT2D eigenvalue weighted by Gasteiger charge is 2.33. The quantitative estimate of drug-likeness (QED) is 0.267. The van der Waals surface area contributed by atoms with Crippen molar-refractivity contribution in [3.05, 3.63) is 40.3 Å². The molecule has 0 radical (unpaired) electrons. The molecule has 0 N–H and O–H groups in total.